The van der Waals surface area contributed by atoms with Crippen LogP contribution in [0.25, 0.3) is 0 Å². The highest BCUT2D eigenvalue weighted by atomic mass is 16.3. The van der Waals surface area contributed by atoms with Gasteiger partial charge in [0.1, 0.15) is 5.76 Å². The molecule has 5 heteroatoms. The minimum absolute atomic E-state index is 0.00149. The Balaban J connectivity index is 1.35. The minimum atomic E-state index is 0.00149. The SMILES string of the molecule is O=C(C1CCCN(C(=O)C2CC2c2ccco2)C1)N1CCCCC1. The van der Waals surface area contributed by atoms with Gasteiger partial charge in [0.05, 0.1) is 12.2 Å². The Hall–Kier alpha value is -1.78. The minimum Gasteiger partial charge on any atom is -0.469 e. The summed E-state index contributed by atoms with van der Waals surface area (Å²) in [5.74, 6) is 1.71. The van der Waals surface area contributed by atoms with E-state index in [2.05, 4.69) is 0 Å². The van der Waals surface area contributed by atoms with E-state index in [9.17, 15) is 9.59 Å². The van der Waals surface area contributed by atoms with Crippen molar-refractivity contribution in [1.82, 2.24) is 9.80 Å². The van der Waals surface area contributed by atoms with Gasteiger partial charge in [-0.15, -0.1) is 0 Å². The first kappa shape index (κ1) is 15.7. The molecule has 0 N–H and O–H groups in total. The number of carbonyl (C=O) groups excluding carboxylic acids is 2. The van der Waals surface area contributed by atoms with Gasteiger partial charge in [0, 0.05) is 38.0 Å². The highest BCUT2D eigenvalue weighted by molar-refractivity contribution is 5.84. The zero-order valence-corrected chi connectivity index (χ0v) is 14.2. The van der Waals surface area contributed by atoms with E-state index in [1.54, 1.807) is 6.26 Å². The van der Waals surface area contributed by atoms with Crippen LogP contribution in [0.3, 0.4) is 0 Å². The molecule has 3 unspecified atom stereocenters. The molecule has 3 heterocycles. The summed E-state index contributed by atoms with van der Waals surface area (Å²) in [7, 11) is 0. The number of hydrogen-bond donors (Lipinski definition) is 0. The van der Waals surface area contributed by atoms with E-state index in [1.165, 1.54) is 6.42 Å². The summed E-state index contributed by atoms with van der Waals surface area (Å²) in [6, 6.07) is 3.83. The molecule has 1 aromatic rings. The fourth-order valence-corrected chi connectivity index (χ4v) is 4.27. The van der Waals surface area contributed by atoms with Crippen molar-refractivity contribution in [1.29, 1.82) is 0 Å². The molecule has 3 atom stereocenters. The molecule has 3 aliphatic rings. The van der Waals surface area contributed by atoms with Gasteiger partial charge in [-0.1, -0.05) is 0 Å². The van der Waals surface area contributed by atoms with Crippen molar-refractivity contribution >= 4 is 11.8 Å². The van der Waals surface area contributed by atoms with Gasteiger partial charge in [0.15, 0.2) is 0 Å². The first-order valence-electron chi connectivity index (χ1n) is 9.35. The quantitative estimate of drug-likeness (QED) is 0.856. The summed E-state index contributed by atoms with van der Waals surface area (Å²) >= 11 is 0. The number of piperidine rings is 2. The molecular formula is C19H26N2O3. The van der Waals surface area contributed by atoms with E-state index in [1.807, 2.05) is 21.9 Å². The van der Waals surface area contributed by atoms with Crippen molar-refractivity contribution in [2.75, 3.05) is 26.2 Å². The fourth-order valence-electron chi connectivity index (χ4n) is 4.27. The van der Waals surface area contributed by atoms with Gasteiger partial charge >= 0.3 is 0 Å². The van der Waals surface area contributed by atoms with E-state index in [0.717, 1.165) is 57.5 Å². The second kappa shape index (κ2) is 6.61. The Morgan fingerprint density at radius 3 is 2.54 bits per heavy atom. The van der Waals surface area contributed by atoms with Gasteiger partial charge in [-0.3, -0.25) is 9.59 Å². The summed E-state index contributed by atoms with van der Waals surface area (Å²) in [5.41, 5.74) is 0. The summed E-state index contributed by atoms with van der Waals surface area (Å²) in [6.45, 7) is 3.19. The van der Waals surface area contributed by atoms with E-state index >= 15 is 0 Å². The third-order valence-electron chi connectivity index (χ3n) is 5.77. The fraction of sp³-hybridized carbons (Fsp3) is 0.684. The molecule has 5 nitrogen and oxygen atoms in total. The van der Waals surface area contributed by atoms with Gasteiger partial charge in [-0.2, -0.15) is 0 Å². The number of nitrogens with zero attached hydrogens (tertiary/aromatic N) is 2. The van der Waals surface area contributed by atoms with Crippen molar-refractivity contribution in [3.8, 4) is 0 Å². The standard InChI is InChI=1S/C19H26N2O3/c22-18(20-8-2-1-3-9-20)14-6-4-10-21(13-14)19(23)16-12-15(16)17-7-5-11-24-17/h5,7,11,14-16H,1-4,6,8-10,12-13H2. The van der Waals surface area contributed by atoms with Crippen LogP contribution in [-0.4, -0.2) is 47.8 Å². The van der Waals surface area contributed by atoms with Gasteiger partial charge < -0.3 is 14.2 Å². The summed E-state index contributed by atoms with van der Waals surface area (Å²) in [5, 5.41) is 0. The first-order valence-corrected chi connectivity index (χ1v) is 9.35. The van der Waals surface area contributed by atoms with E-state index in [4.69, 9.17) is 4.42 Å². The maximum atomic E-state index is 12.8. The predicted molar refractivity (Wildman–Crippen MR) is 89.3 cm³/mol. The van der Waals surface area contributed by atoms with Crippen LogP contribution in [0.5, 0.6) is 0 Å². The lowest BCUT2D eigenvalue weighted by atomic mass is 9.95. The molecule has 0 bridgehead atoms. The molecule has 1 saturated carbocycles. The average molecular weight is 330 g/mol. The number of rotatable bonds is 3. The Bertz CT molecular complexity index is 592. The summed E-state index contributed by atoms with van der Waals surface area (Å²) in [4.78, 5) is 29.5. The van der Waals surface area contributed by atoms with Gasteiger partial charge in [0.2, 0.25) is 11.8 Å². The summed E-state index contributed by atoms with van der Waals surface area (Å²) in [6.07, 6.45) is 7.88. The molecule has 0 radical (unpaired) electrons. The number of hydrogen-bond acceptors (Lipinski definition) is 3. The Labute approximate surface area is 143 Å². The second-order valence-electron chi connectivity index (χ2n) is 7.47. The monoisotopic (exact) mass is 330 g/mol. The van der Waals surface area contributed by atoms with Crippen LogP contribution in [0.2, 0.25) is 0 Å². The molecule has 0 aromatic carbocycles. The molecule has 2 amide bonds. The van der Waals surface area contributed by atoms with Crippen molar-refractivity contribution in [2.24, 2.45) is 11.8 Å². The van der Waals surface area contributed by atoms with Crippen LogP contribution in [0.15, 0.2) is 22.8 Å². The van der Waals surface area contributed by atoms with E-state index in [-0.39, 0.29) is 29.6 Å². The molecule has 1 aromatic heterocycles. The molecule has 4 rings (SSSR count). The predicted octanol–water partition coefficient (Wildman–Crippen LogP) is 2.63. The number of amides is 2. The Kier molecular flexibility index (Phi) is 4.33. The molecule has 3 fully saturated rings. The van der Waals surface area contributed by atoms with Gasteiger partial charge in [0.25, 0.3) is 0 Å². The van der Waals surface area contributed by atoms with Crippen LogP contribution in [0.4, 0.5) is 0 Å². The van der Waals surface area contributed by atoms with Crippen molar-refractivity contribution in [2.45, 2.75) is 44.4 Å². The lowest BCUT2D eigenvalue weighted by Crippen LogP contribution is -2.48. The topological polar surface area (TPSA) is 53.8 Å². The molecule has 1 aliphatic carbocycles. The van der Waals surface area contributed by atoms with Crippen molar-refractivity contribution < 1.29 is 14.0 Å². The maximum absolute atomic E-state index is 12.8. The molecule has 24 heavy (non-hydrogen) atoms. The molecule has 2 aliphatic heterocycles. The summed E-state index contributed by atoms with van der Waals surface area (Å²) < 4.78 is 5.43. The third-order valence-corrected chi connectivity index (χ3v) is 5.77. The lowest BCUT2D eigenvalue weighted by Gasteiger charge is -2.36. The van der Waals surface area contributed by atoms with Crippen LogP contribution in [0.1, 0.15) is 50.2 Å². The van der Waals surface area contributed by atoms with E-state index in [0.29, 0.717) is 6.54 Å². The zero-order chi connectivity index (χ0) is 16.5. The van der Waals surface area contributed by atoms with Crippen molar-refractivity contribution in [3.05, 3.63) is 24.2 Å². The highest BCUT2D eigenvalue weighted by Gasteiger charge is 2.48. The van der Waals surface area contributed by atoms with Gasteiger partial charge in [-0.25, -0.2) is 0 Å². The maximum Gasteiger partial charge on any atom is 0.227 e. The molecular weight excluding hydrogens is 304 g/mol. The molecule has 0 spiro atoms. The highest BCUT2D eigenvalue weighted by Crippen LogP contribution is 2.48. The van der Waals surface area contributed by atoms with Crippen LogP contribution < -0.4 is 0 Å². The average Bonchev–Trinajstić information content (AvgIpc) is 3.25. The largest absolute Gasteiger partial charge is 0.469 e. The van der Waals surface area contributed by atoms with Crippen LogP contribution in [0, 0.1) is 11.8 Å². The lowest BCUT2D eigenvalue weighted by molar-refractivity contribution is -0.142. The van der Waals surface area contributed by atoms with Crippen LogP contribution in [-0.2, 0) is 9.59 Å². The normalized spacial score (nSPS) is 30.2. The molecule has 2 saturated heterocycles. The number of furan rings is 1. The van der Waals surface area contributed by atoms with E-state index < -0.39 is 0 Å². The zero-order valence-electron chi connectivity index (χ0n) is 14.2. The number of likely N-dealkylation sites (tertiary alicyclic amines) is 2. The smallest absolute Gasteiger partial charge is 0.227 e. The molecule has 130 valence electrons. The third kappa shape index (κ3) is 3.08. The number of carbonyl (C=O) groups is 2. The Morgan fingerprint density at radius 1 is 1.00 bits per heavy atom. The van der Waals surface area contributed by atoms with Gasteiger partial charge in [-0.05, 0) is 50.7 Å². The van der Waals surface area contributed by atoms with Crippen molar-refractivity contribution in [3.63, 3.8) is 0 Å². The first-order chi connectivity index (χ1) is 11.7. The van der Waals surface area contributed by atoms with Crippen LogP contribution >= 0.6 is 0 Å². The Morgan fingerprint density at radius 2 is 1.79 bits per heavy atom. The second-order valence-corrected chi connectivity index (χ2v) is 7.47.